The number of likely N-dealkylation sites (tertiary alicyclic amines) is 1. The molecule has 0 aliphatic carbocycles. The van der Waals surface area contributed by atoms with Crippen molar-refractivity contribution in [3.8, 4) is 0 Å². The molecule has 0 bridgehead atoms. The molecule has 13 heavy (non-hydrogen) atoms. The molecule has 1 aromatic rings. The molecule has 1 atom stereocenters. The number of rotatable bonds is 2. The molecule has 69 valence electrons. The van der Waals surface area contributed by atoms with Crippen LogP contribution in [0.2, 0.25) is 0 Å². The van der Waals surface area contributed by atoms with Gasteiger partial charge in [0.1, 0.15) is 0 Å². The van der Waals surface area contributed by atoms with Crippen molar-refractivity contribution in [1.29, 1.82) is 0 Å². The fraction of sp³-hybridized carbons (Fsp3) is 0.500. The average Bonchev–Trinajstić information content (AvgIpc) is 2.71. The van der Waals surface area contributed by atoms with Crippen molar-refractivity contribution in [2.24, 2.45) is 0 Å². The molecule has 2 rings (SSSR count). The first kappa shape index (κ1) is 8.76. The molecule has 1 radical (unpaired) electrons. The van der Waals surface area contributed by atoms with Crippen LogP contribution in [0.25, 0.3) is 0 Å². The lowest BCUT2D eigenvalue weighted by molar-refractivity contribution is 0.263. The molecule has 1 fully saturated rings. The van der Waals surface area contributed by atoms with Gasteiger partial charge in [-0.1, -0.05) is 24.3 Å². The molecule has 1 nitrogen and oxygen atoms in total. The van der Waals surface area contributed by atoms with Crippen molar-refractivity contribution in [1.82, 2.24) is 4.90 Å². The Balaban J connectivity index is 2.08. The Hall–Kier alpha value is -0.820. The summed E-state index contributed by atoms with van der Waals surface area (Å²) in [7, 11) is 0. The molecule has 1 saturated heterocycles. The minimum Gasteiger partial charge on any atom is -0.297 e. The van der Waals surface area contributed by atoms with Crippen molar-refractivity contribution in [2.75, 3.05) is 13.1 Å². The molecule has 1 unspecified atom stereocenters. The third-order valence-electron chi connectivity index (χ3n) is 2.91. The van der Waals surface area contributed by atoms with Gasteiger partial charge in [0, 0.05) is 6.04 Å². The standard InChI is InChI=1S/C12H16N/c1-11(13-9-5-6-10-13)12-7-3-2-4-8-12/h3-4,7-8,11H,5-6,9-10H2,1H3. The monoisotopic (exact) mass is 174 g/mol. The van der Waals surface area contributed by atoms with Gasteiger partial charge in [-0.2, -0.15) is 0 Å². The molecule has 1 aliphatic rings. The largest absolute Gasteiger partial charge is 0.297 e. The smallest absolute Gasteiger partial charge is 0.0319 e. The highest BCUT2D eigenvalue weighted by Crippen LogP contribution is 2.23. The second-order valence-electron chi connectivity index (χ2n) is 3.75. The molecule has 1 aromatic carbocycles. The predicted octanol–water partition coefficient (Wildman–Crippen LogP) is 2.64. The first-order valence-corrected chi connectivity index (χ1v) is 5.08. The molecular weight excluding hydrogens is 158 g/mol. The second-order valence-corrected chi connectivity index (χ2v) is 3.75. The SMILES string of the molecule is CC(c1cc[c]cc1)N1CCCC1. The maximum Gasteiger partial charge on any atom is 0.0319 e. The van der Waals surface area contributed by atoms with E-state index >= 15 is 0 Å². The summed E-state index contributed by atoms with van der Waals surface area (Å²) in [6.07, 6.45) is 2.73. The van der Waals surface area contributed by atoms with Gasteiger partial charge in [0.15, 0.2) is 0 Å². The Kier molecular flexibility index (Phi) is 2.65. The maximum absolute atomic E-state index is 3.06. The maximum atomic E-state index is 3.06. The van der Waals surface area contributed by atoms with Gasteiger partial charge >= 0.3 is 0 Å². The Bertz CT molecular complexity index is 249. The van der Waals surface area contributed by atoms with Crippen molar-refractivity contribution < 1.29 is 0 Å². The number of nitrogens with zero attached hydrogens (tertiary/aromatic N) is 1. The third kappa shape index (κ3) is 1.92. The van der Waals surface area contributed by atoms with Crippen LogP contribution in [0, 0.1) is 6.07 Å². The van der Waals surface area contributed by atoms with E-state index in [1.807, 2.05) is 12.1 Å². The second kappa shape index (κ2) is 3.93. The van der Waals surface area contributed by atoms with E-state index in [1.54, 1.807) is 0 Å². The van der Waals surface area contributed by atoms with Gasteiger partial charge in [-0.25, -0.2) is 0 Å². The van der Waals surface area contributed by atoms with Crippen molar-refractivity contribution in [3.63, 3.8) is 0 Å². The summed E-state index contributed by atoms with van der Waals surface area (Å²) >= 11 is 0. The van der Waals surface area contributed by atoms with Crippen LogP contribution in [-0.4, -0.2) is 18.0 Å². The van der Waals surface area contributed by atoms with Gasteiger partial charge in [-0.15, -0.1) is 0 Å². The van der Waals surface area contributed by atoms with E-state index in [0.717, 1.165) is 0 Å². The Morgan fingerprint density at radius 1 is 1.23 bits per heavy atom. The quantitative estimate of drug-likeness (QED) is 0.666. The van der Waals surface area contributed by atoms with E-state index in [9.17, 15) is 0 Å². The minimum absolute atomic E-state index is 0.581. The first-order chi connectivity index (χ1) is 6.38. The Labute approximate surface area is 80.4 Å². The molecular formula is C12H16N. The van der Waals surface area contributed by atoms with E-state index in [-0.39, 0.29) is 0 Å². The first-order valence-electron chi connectivity index (χ1n) is 5.08. The van der Waals surface area contributed by atoms with Gasteiger partial charge in [0.05, 0.1) is 0 Å². The number of hydrogen-bond donors (Lipinski definition) is 0. The molecule has 0 spiro atoms. The highest BCUT2D eigenvalue weighted by Gasteiger charge is 2.18. The topological polar surface area (TPSA) is 3.24 Å². The summed E-state index contributed by atoms with van der Waals surface area (Å²) < 4.78 is 0. The van der Waals surface area contributed by atoms with Crippen LogP contribution in [0.15, 0.2) is 24.3 Å². The normalized spacial score (nSPS) is 20.4. The van der Waals surface area contributed by atoms with Gasteiger partial charge in [-0.05, 0) is 44.5 Å². The lowest BCUT2D eigenvalue weighted by Crippen LogP contribution is -2.23. The van der Waals surface area contributed by atoms with Crippen LogP contribution in [0.4, 0.5) is 0 Å². The summed E-state index contributed by atoms with van der Waals surface area (Å²) in [6, 6.07) is 12.0. The summed E-state index contributed by atoms with van der Waals surface area (Å²) in [4.78, 5) is 2.55. The van der Waals surface area contributed by atoms with E-state index in [0.29, 0.717) is 6.04 Å². The van der Waals surface area contributed by atoms with Gasteiger partial charge < -0.3 is 0 Å². The average molecular weight is 174 g/mol. The van der Waals surface area contributed by atoms with Crippen LogP contribution < -0.4 is 0 Å². The highest BCUT2D eigenvalue weighted by atomic mass is 15.2. The number of benzene rings is 1. The fourth-order valence-electron chi connectivity index (χ4n) is 2.02. The third-order valence-corrected chi connectivity index (χ3v) is 2.91. The molecule has 0 aromatic heterocycles. The molecule has 1 heterocycles. The predicted molar refractivity (Wildman–Crippen MR) is 54.5 cm³/mol. The summed E-state index contributed by atoms with van der Waals surface area (Å²) in [5.74, 6) is 0. The van der Waals surface area contributed by atoms with Crippen molar-refractivity contribution >= 4 is 0 Å². The molecule has 0 amide bonds. The van der Waals surface area contributed by atoms with Gasteiger partial charge in [0.25, 0.3) is 0 Å². The van der Waals surface area contributed by atoms with Crippen molar-refractivity contribution in [3.05, 3.63) is 35.9 Å². The van der Waals surface area contributed by atoms with Crippen LogP contribution in [-0.2, 0) is 0 Å². The van der Waals surface area contributed by atoms with Gasteiger partial charge in [0.2, 0.25) is 0 Å². The zero-order valence-corrected chi connectivity index (χ0v) is 8.16. The van der Waals surface area contributed by atoms with Crippen LogP contribution in [0.3, 0.4) is 0 Å². The minimum atomic E-state index is 0.581. The van der Waals surface area contributed by atoms with Crippen molar-refractivity contribution in [2.45, 2.75) is 25.8 Å². The van der Waals surface area contributed by atoms with Crippen LogP contribution in [0.1, 0.15) is 31.4 Å². The molecule has 0 N–H and O–H groups in total. The van der Waals surface area contributed by atoms with Crippen LogP contribution in [0.5, 0.6) is 0 Å². The molecule has 1 heteroatoms. The highest BCUT2D eigenvalue weighted by molar-refractivity contribution is 5.17. The van der Waals surface area contributed by atoms with E-state index in [2.05, 4.69) is 30.0 Å². The Morgan fingerprint density at radius 2 is 1.85 bits per heavy atom. The van der Waals surface area contributed by atoms with E-state index < -0.39 is 0 Å². The zero-order chi connectivity index (χ0) is 9.10. The lowest BCUT2D eigenvalue weighted by Gasteiger charge is -2.23. The summed E-state index contributed by atoms with van der Waals surface area (Å²) in [5, 5.41) is 0. The number of hydrogen-bond acceptors (Lipinski definition) is 1. The Morgan fingerprint density at radius 3 is 2.46 bits per heavy atom. The zero-order valence-electron chi connectivity index (χ0n) is 8.16. The van der Waals surface area contributed by atoms with E-state index in [4.69, 9.17) is 0 Å². The lowest BCUT2D eigenvalue weighted by atomic mass is 10.1. The van der Waals surface area contributed by atoms with E-state index in [1.165, 1.54) is 31.5 Å². The van der Waals surface area contributed by atoms with Gasteiger partial charge in [-0.3, -0.25) is 4.90 Å². The summed E-state index contributed by atoms with van der Waals surface area (Å²) in [5.41, 5.74) is 1.42. The molecule has 1 aliphatic heterocycles. The fourth-order valence-corrected chi connectivity index (χ4v) is 2.02. The van der Waals surface area contributed by atoms with Crippen LogP contribution >= 0.6 is 0 Å². The summed E-state index contributed by atoms with van der Waals surface area (Å²) in [6.45, 7) is 4.82. The molecule has 0 saturated carbocycles.